The summed E-state index contributed by atoms with van der Waals surface area (Å²) in [6, 6.07) is 0. The lowest BCUT2D eigenvalue weighted by atomic mass is 10.1. The highest BCUT2D eigenvalue weighted by molar-refractivity contribution is 6.18. The topological polar surface area (TPSA) is 0 Å². The second kappa shape index (κ2) is 16.6. The summed E-state index contributed by atoms with van der Waals surface area (Å²) < 4.78 is 0. The monoisotopic (exact) mass is 280 g/mol. The Labute approximate surface area is 118 Å². The third-order valence-corrected chi connectivity index (χ3v) is 3.80. The lowest BCUT2D eigenvalue weighted by Gasteiger charge is -2.02. The fourth-order valence-electron chi connectivity index (χ4n) is 2.13. The van der Waals surface area contributed by atoms with Gasteiger partial charge in [0, 0.05) is 11.8 Å². The highest BCUT2D eigenvalue weighted by atomic mass is 35.5. The minimum atomic E-state index is 0.837. The number of unbranched alkanes of at least 4 members (excludes halogenated alkanes) is 12. The Morgan fingerprint density at radius 3 is 0.647 bits per heavy atom. The molecule has 0 nitrogen and oxygen atoms in total. The standard InChI is InChI=1S/C15H30Cl2/c16-14-12-10-8-6-4-2-1-3-5-7-9-11-13-15-17/h1-15H2. The van der Waals surface area contributed by atoms with Crippen LogP contribution in [0.15, 0.2) is 0 Å². The van der Waals surface area contributed by atoms with E-state index in [1.165, 1.54) is 83.5 Å². The molecule has 2 heteroatoms. The van der Waals surface area contributed by atoms with Crippen LogP contribution in [0.1, 0.15) is 83.5 Å². The van der Waals surface area contributed by atoms with Crippen LogP contribution in [-0.2, 0) is 0 Å². The number of hydrogen-bond donors (Lipinski definition) is 0. The van der Waals surface area contributed by atoms with E-state index >= 15 is 0 Å². The van der Waals surface area contributed by atoms with Crippen LogP contribution in [0.4, 0.5) is 0 Å². The summed E-state index contributed by atoms with van der Waals surface area (Å²) in [5.41, 5.74) is 0. The molecule has 0 heterocycles. The van der Waals surface area contributed by atoms with Gasteiger partial charge in [0.2, 0.25) is 0 Å². The molecule has 0 aromatic rings. The lowest BCUT2D eigenvalue weighted by Crippen LogP contribution is -1.83. The quantitative estimate of drug-likeness (QED) is 0.250. The van der Waals surface area contributed by atoms with Crippen LogP contribution in [0.2, 0.25) is 0 Å². The van der Waals surface area contributed by atoms with Gasteiger partial charge in [-0.2, -0.15) is 0 Å². The molecule has 0 bridgehead atoms. The predicted octanol–water partition coefficient (Wildman–Crippen LogP) is 6.54. The van der Waals surface area contributed by atoms with Crippen molar-refractivity contribution in [2.45, 2.75) is 83.5 Å². The molecule has 0 aliphatic rings. The average Bonchev–Trinajstić information content (AvgIpc) is 2.35. The normalized spacial score (nSPS) is 10.9. The Balaban J connectivity index is 2.85. The van der Waals surface area contributed by atoms with Crippen LogP contribution in [0.3, 0.4) is 0 Å². The molecule has 0 spiro atoms. The molecule has 0 saturated heterocycles. The van der Waals surface area contributed by atoms with Crippen LogP contribution < -0.4 is 0 Å². The van der Waals surface area contributed by atoms with Gasteiger partial charge in [-0.25, -0.2) is 0 Å². The fourth-order valence-corrected chi connectivity index (χ4v) is 2.51. The molecule has 104 valence electrons. The molecule has 0 aliphatic carbocycles. The summed E-state index contributed by atoms with van der Waals surface area (Å²) in [5.74, 6) is 1.67. The van der Waals surface area contributed by atoms with Crippen molar-refractivity contribution < 1.29 is 0 Å². The molecule has 0 rings (SSSR count). The number of halogens is 2. The molecule has 0 unspecified atom stereocenters. The summed E-state index contributed by atoms with van der Waals surface area (Å²) in [7, 11) is 0. The maximum atomic E-state index is 5.64. The third kappa shape index (κ3) is 16.6. The Hall–Kier alpha value is 0.580. The van der Waals surface area contributed by atoms with E-state index < -0.39 is 0 Å². The van der Waals surface area contributed by atoms with E-state index in [-0.39, 0.29) is 0 Å². The van der Waals surface area contributed by atoms with E-state index in [2.05, 4.69) is 0 Å². The van der Waals surface area contributed by atoms with E-state index in [0.717, 1.165) is 11.8 Å². The molecule has 0 aromatic heterocycles. The van der Waals surface area contributed by atoms with Crippen LogP contribution in [-0.4, -0.2) is 11.8 Å². The van der Waals surface area contributed by atoms with Crippen molar-refractivity contribution in [3.63, 3.8) is 0 Å². The van der Waals surface area contributed by atoms with Crippen LogP contribution in [0, 0.1) is 0 Å². The first-order valence-electron chi connectivity index (χ1n) is 7.53. The smallest absolute Gasteiger partial charge is 0.0223 e. The van der Waals surface area contributed by atoms with Crippen molar-refractivity contribution in [1.29, 1.82) is 0 Å². The van der Waals surface area contributed by atoms with E-state index in [1.54, 1.807) is 0 Å². The predicted molar refractivity (Wildman–Crippen MR) is 81.5 cm³/mol. The minimum absolute atomic E-state index is 0.837. The van der Waals surface area contributed by atoms with Crippen LogP contribution >= 0.6 is 23.2 Å². The van der Waals surface area contributed by atoms with Crippen molar-refractivity contribution in [1.82, 2.24) is 0 Å². The van der Waals surface area contributed by atoms with E-state index in [4.69, 9.17) is 23.2 Å². The first-order valence-corrected chi connectivity index (χ1v) is 8.60. The molecule has 0 saturated carbocycles. The van der Waals surface area contributed by atoms with Gasteiger partial charge in [0.15, 0.2) is 0 Å². The van der Waals surface area contributed by atoms with Crippen molar-refractivity contribution in [2.24, 2.45) is 0 Å². The highest BCUT2D eigenvalue weighted by Crippen LogP contribution is 2.12. The Kier molecular flexibility index (Phi) is 17.1. The Morgan fingerprint density at radius 2 is 0.471 bits per heavy atom. The first-order chi connectivity index (χ1) is 8.41. The largest absolute Gasteiger partial charge is 0.127 e. The number of hydrogen-bond acceptors (Lipinski definition) is 0. The Morgan fingerprint density at radius 1 is 0.294 bits per heavy atom. The van der Waals surface area contributed by atoms with Gasteiger partial charge in [0.25, 0.3) is 0 Å². The third-order valence-electron chi connectivity index (χ3n) is 3.27. The summed E-state index contributed by atoms with van der Waals surface area (Å²) in [4.78, 5) is 0. The van der Waals surface area contributed by atoms with E-state index in [1.807, 2.05) is 0 Å². The summed E-state index contributed by atoms with van der Waals surface area (Å²) in [6.07, 6.45) is 17.8. The van der Waals surface area contributed by atoms with Gasteiger partial charge in [-0.1, -0.05) is 70.6 Å². The molecule has 17 heavy (non-hydrogen) atoms. The SMILES string of the molecule is ClCCCCCCCCCCCCCCCCl. The molecule has 0 radical (unpaired) electrons. The van der Waals surface area contributed by atoms with Gasteiger partial charge in [-0.05, 0) is 12.8 Å². The van der Waals surface area contributed by atoms with Crippen molar-refractivity contribution in [3.05, 3.63) is 0 Å². The second-order valence-electron chi connectivity index (χ2n) is 4.97. The fraction of sp³-hybridized carbons (Fsp3) is 1.00. The van der Waals surface area contributed by atoms with Crippen molar-refractivity contribution in [3.8, 4) is 0 Å². The molecule has 0 fully saturated rings. The van der Waals surface area contributed by atoms with Gasteiger partial charge < -0.3 is 0 Å². The second-order valence-corrected chi connectivity index (χ2v) is 5.73. The zero-order valence-electron chi connectivity index (χ0n) is 11.4. The van der Waals surface area contributed by atoms with Gasteiger partial charge >= 0.3 is 0 Å². The van der Waals surface area contributed by atoms with Gasteiger partial charge in [0.05, 0.1) is 0 Å². The molecule has 0 aromatic carbocycles. The summed E-state index contributed by atoms with van der Waals surface area (Å²) in [5, 5.41) is 0. The van der Waals surface area contributed by atoms with Crippen molar-refractivity contribution >= 4 is 23.2 Å². The molecule has 0 atom stereocenters. The molecule has 0 aliphatic heterocycles. The molecule has 0 amide bonds. The van der Waals surface area contributed by atoms with E-state index in [9.17, 15) is 0 Å². The number of rotatable bonds is 14. The van der Waals surface area contributed by atoms with Crippen LogP contribution in [0.25, 0.3) is 0 Å². The molecule has 0 N–H and O–H groups in total. The maximum absolute atomic E-state index is 5.64. The summed E-state index contributed by atoms with van der Waals surface area (Å²) >= 11 is 11.3. The van der Waals surface area contributed by atoms with Crippen molar-refractivity contribution in [2.75, 3.05) is 11.8 Å². The highest BCUT2D eigenvalue weighted by Gasteiger charge is 1.93. The zero-order chi connectivity index (χ0) is 12.6. The van der Waals surface area contributed by atoms with E-state index in [0.29, 0.717) is 0 Å². The van der Waals surface area contributed by atoms with Crippen LogP contribution in [0.5, 0.6) is 0 Å². The molecular formula is C15H30Cl2. The number of alkyl halides is 2. The minimum Gasteiger partial charge on any atom is -0.127 e. The van der Waals surface area contributed by atoms with Gasteiger partial charge in [0.1, 0.15) is 0 Å². The maximum Gasteiger partial charge on any atom is 0.0223 e. The average molecular weight is 281 g/mol. The summed E-state index contributed by atoms with van der Waals surface area (Å²) in [6.45, 7) is 0. The van der Waals surface area contributed by atoms with Gasteiger partial charge in [-0.15, -0.1) is 23.2 Å². The lowest BCUT2D eigenvalue weighted by molar-refractivity contribution is 0.543. The molecular weight excluding hydrogens is 251 g/mol. The zero-order valence-corrected chi connectivity index (χ0v) is 12.9. The first kappa shape index (κ1) is 17.6. The van der Waals surface area contributed by atoms with Gasteiger partial charge in [-0.3, -0.25) is 0 Å². The Bertz CT molecular complexity index is 112.